The molecular weight excluding hydrogens is 514 g/mol. The standard InChI is InChI=1S/C25H23Cl2FN2O6/c26-14-1-4-20-18(5-14)30(23(34)9-31)8-21(36-20)19(32)7-24-11-25(12-24,13-24)29-22(33)10-35-15-2-3-16(27)17(28)6-15/h1-6,21,31H,7-13H2,(H,29,33). The van der Waals surface area contributed by atoms with Gasteiger partial charge in [-0.25, -0.2) is 4.39 Å². The summed E-state index contributed by atoms with van der Waals surface area (Å²) in [6.07, 6.45) is 1.38. The number of aliphatic hydroxyl groups excluding tert-OH is 1. The number of aliphatic hydroxyl groups is 1. The number of hydrogen-bond donors (Lipinski definition) is 2. The number of fused-ring (bicyclic) bond motifs is 1. The number of amides is 2. The van der Waals surface area contributed by atoms with Crippen molar-refractivity contribution in [2.24, 2.45) is 5.41 Å². The van der Waals surface area contributed by atoms with Crippen LogP contribution in [0.3, 0.4) is 0 Å². The Kier molecular flexibility index (Phi) is 6.34. The molecule has 1 unspecified atom stereocenters. The van der Waals surface area contributed by atoms with E-state index in [1.165, 1.54) is 17.0 Å². The van der Waals surface area contributed by atoms with Crippen molar-refractivity contribution in [1.29, 1.82) is 0 Å². The van der Waals surface area contributed by atoms with Crippen LogP contribution in [0.1, 0.15) is 25.7 Å². The van der Waals surface area contributed by atoms with Gasteiger partial charge in [-0.05, 0) is 55.0 Å². The minimum atomic E-state index is -0.859. The van der Waals surface area contributed by atoms with Gasteiger partial charge < -0.3 is 24.8 Å². The van der Waals surface area contributed by atoms with Crippen molar-refractivity contribution in [1.82, 2.24) is 5.32 Å². The minimum Gasteiger partial charge on any atom is -0.484 e. The fraction of sp³-hybridized carbons (Fsp3) is 0.400. The average molecular weight is 537 g/mol. The van der Waals surface area contributed by atoms with Gasteiger partial charge in [-0.1, -0.05) is 23.2 Å². The maximum absolute atomic E-state index is 13.5. The maximum atomic E-state index is 13.5. The summed E-state index contributed by atoms with van der Waals surface area (Å²) < 4.78 is 24.7. The molecule has 2 aromatic rings. The summed E-state index contributed by atoms with van der Waals surface area (Å²) in [5.41, 5.74) is -0.150. The Morgan fingerprint density at radius 3 is 2.61 bits per heavy atom. The topological polar surface area (TPSA) is 105 Å². The van der Waals surface area contributed by atoms with E-state index in [-0.39, 0.29) is 53.0 Å². The number of anilines is 1. The van der Waals surface area contributed by atoms with E-state index in [1.54, 1.807) is 18.2 Å². The molecule has 3 fully saturated rings. The van der Waals surface area contributed by atoms with E-state index in [0.29, 0.717) is 35.7 Å². The van der Waals surface area contributed by atoms with Crippen molar-refractivity contribution in [2.75, 3.05) is 24.7 Å². The van der Waals surface area contributed by atoms with Crippen LogP contribution in [-0.4, -0.2) is 54.1 Å². The molecule has 4 aliphatic rings. The summed E-state index contributed by atoms with van der Waals surface area (Å²) in [5.74, 6) is -1.08. The maximum Gasteiger partial charge on any atom is 0.258 e. The first-order valence-electron chi connectivity index (χ1n) is 11.4. The van der Waals surface area contributed by atoms with Crippen LogP contribution in [-0.2, 0) is 14.4 Å². The molecule has 6 rings (SSSR count). The van der Waals surface area contributed by atoms with Crippen LogP contribution in [0.25, 0.3) is 0 Å². The van der Waals surface area contributed by atoms with E-state index < -0.39 is 24.4 Å². The third kappa shape index (κ3) is 4.63. The van der Waals surface area contributed by atoms with Crippen molar-refractivity contribution < 1.29 is 33.4 Å². The monoisotopic (exact) mass is 536 g/mol. The number of benzene rings is 2. The van der Waals surface area contributed by atoms with E-state index >= 15 is 0 Å². The Morgan fingerprint density at radius 2 is 1.92 bits per heavy atom. The molecule has 2 bridgehead atoms. The molecule has 1 atom stereocenters. The third-order valence-corrected chi connectivity index (χ3v) is 7.52. The number of ether oxygens (including phenoxy) is 2. The molecule has 0 spiro atoms. The number of Topliss-reactive ketones (excluding diaryl/α,β-unsaturated/α-hetero) is 1. The van der Waals surface area contributed by atoms with E-state index in [2.05, 4.69) is 5.32 Å². The molecular formula is C25H23Cl2FN2O6. The van der Waals surface area contributed by atoms with Gasteiger partial charge in [0.25, 0.3) is 11.8 Å². The molecule has 190 valence electrons. The highest BCUT2D eigenvalue weighted by atomic mass is 35.5. The smallest absolute Gasteiger partial charge is 0.258 e. The Bertz CT molecular complexity index is 1240. The summed E-state index contributed by atoms with van der Waals surface area (Å²) in [6, 6.07) is 8.72. The number of ketones is 1. The molecule has 0 aromatic heterocycles. The van der Waals surface area contributed by atoms with Gasteiger partial charge in [0.15, 0.2) is 18.5 Å². The summed E-state index contributed by atoms with van der Waals surface area (Å²) in [4.78, 5) is 39.0. The van der Waals surface area contributed by atoms with Crippen LogP contribution in [0, 0.1) is 11.2 Å². The van der Waals surface area contributed by atoms with Crippen molar-refractivity contribution in [3.63, 3.8) is 0 Å². The molecule has 8 nitrogen and oxygen atoms in total. The lowest BCUT2D eigenvalue weighted by molar-refractivity contribution is -0.175. The minimum absolute atomic E-state index is 0.00778. The highest BCUT2D eigenvalue weighted by Crippen LogP contribution is 2.69. The predicted octanol–water partition coefficient (Wildman–Crippen LogP) is 3.30. The second-order valence-corrected chi connectivity index (χ2v) is 10.6. The van der Waals surface area contributed by atoms with E-state index in [4.69, 9.17) is 32.7 Å². The SMILES string of the molecule is O=C(COc1ccc(Cl)c(F)c1)NC12CC(CC(=O)C3CN(C(=O)CO)c4cc(Cl)ccc4O3)(C1)C2. The van der Waals surface area contributed by atoms with E-state index in [1.807, 2.05) is 0 Å². The second kappa shape index (κ2) is 9.21. The van der Waals surface area contributed by atoms with Crippen LogP contribution in [0.2, 0.25) is 10.0 Å². The predicted molar refractivity (Wildman–Crippen MR) is 129 cm³/mol. The molecule has 36 heavy (non-hydrogen) atoms. The zero-order valence-corrected chi connectivity index (χ0v) is 20.6. The van der Waals surface area contributed by atoms with Gasteiger partial charge in [0.1, 0.15) is 23.9 Å². The van der Waals surface area contributed by atoms with Crippen molar-refractivity contribution in [2.45, 2.75) is 37.3 Å². The first kappa shape index (κ1) is 24.8. The fourth-order valence-corrected chi connectivity index (χ4v) is 5.88. The van der Waals surface area contributed by atoms with E-state index in [0.717, 1.165) is 6.07 Å². The van der Waals surface area contributed by atoms with Crippen LogP contribution < -0.4 is 19.7 Å². The molecule has 1 aliphatic heterocycles. The number of rotatable bonds is 8. The summed E-state index contributed by atoms with van der Waals surface area (Å²) in [7, 11) is 0. The lowest BCUT2D eigenvalue weighted by Crippen LogP contribution is -2.75. The van der Waals surface area contributed by atoms with Gasteiger partial charge >= 0.3 is 0 Å². The van der Waals surface area contributed by atoms with Gasteiger partial charge in [-0.3, -0.25) is 14.4 Å². The Labute approximate surface area is 216 Å². The summed E-state index contributed by atoms with van der Waals surface area (Å²) in [5, 5.41) is 12.7. The van der Waals surface area contributed by atoms with Crippen molar-refractivity contribution in [3.8, 4) is 11.5 Å². The second-order valence-electron chi connectivity index (χ2n) is 9.75. The fourth-order valence-electron chi connectivity index (χ4n) is 5.59. The Balaban J connectivity index is 1.13. The van der Waals surface area contributed by atoms with E-state index in [9.17, 15) is 23.9 Å². The molecule has 2 N–H and O–H groups in total. The molecule has 1 heterocycles. The summed E-state index contributed by atoms with van der Waals surface area (Å²) in [6.45, 7) is -0.968. The van der Waals surface area contributed by atoms with Gasteiger partial charge in [-0.15, -0.1) is 0 Å². The first-order chi connectivity index (χ1) is 17.1. The largest absolute Gasteiger partial charge is 0.484 e. The molecule has 11 heteroatoms. The molecule has 3 aliphatic carbocycles. The number of nitrogens with one attached hydrogen (secondary N) is 1. The average Bonchev–Trinajstić information content (AvgIpc) is 2.81. The molecule has 3 saturated carbocycles. The van der Waals surface area contributed by atoms with Crippen LogP contribution in [0.15, 0.2) is 36.4 Å². The van der Waals surface area contributed by atoms with Crippen LogP contribution in [0.4, 0.5) is 10.1 Å². The van der Waals surface area contributed by atoms with Crippen molar-refractivity contribution in [3.05, 3.63) is 52.3 Å². The number of carbonyl (C=O) groups is 3. The van der Waals surface area contributed by atoms with Gasteiger partial charge in [0, 0.05) is 23.0 Å². The molecule has 2 amide bonds. The molecule has 2 aromatic carbocycles. The number of carbonyl (C=O) groups excluding carboxylic acids is 3. The third-order valence-electron chi connectivity index (χ3n) is 6.98. The number of nitrogens with zero attached hydrogens (tertiary/aromatic N) is 1. The van der Waals surface area contributed by atoms with Gasteiger partial charge in [0.05, 0.1) is 17.3 Å². The van der Waals surface area contributed by atoms with Gasteiger partial charge in [0.2, 0.25) is 0 Å². The molecule has 0 radical (unpaired) electrons. The highest BCUT2D eigenvalue weighted by Gasteiger charge is 2.68. The normalized spacial score (nSPS) is 25.6. The quantitative estimate of drug-likeness (QED) is 0.536. The number of hydrogen-bond acceptors (Lipinski definition) is 6. The van der Waals surface area contributed by atoms with Crippen molar-refractivity contribution >= 4 is 46.5 Å². The highest BCUT2D eigenvalue weighted by molar-refractivity contribution is 6.31. The van der Waals surface area contributed by atoms with Crippen LogP contribution in [0.5, 0.6) is 11.5 Å². The summed E-state index contributed by atoms with van der Waals surface area (Å²) >= 11 is 11.7. The zero-order chi connectivity index (χ0) is 25.7. The lowest BCUT2D eigenvalue weighted by Gasteiger charge is -2.70. The zero-order valence-electron chi connectivity index (χ0n) is 19.1. The molecule has 0 saturated heterocycles. The lowest BCUT2D eigenvalue weighted by atomic mass is 9.38. The van der Waals surface area contributed by atoms with Crippen LogP contribution >= 0.6 is 23.2 Å². The Morgan fingerprint density at radius 1 is 1.17 bits per heavy atom. The Hall–Kier alpha value is -2.88. The first-order valence-corrected chi connectivity index (χ1v) is 12.2. The van der Waals surface area contributed by atoms with Gasteiger partial charge in [-0.2, -0.15) is 0 Å². The number of halogens is 3.